The summed E-state index contributed by atoms with van der Waals surface area (Å²) >= 11 is 0. The molecule has 100 valence electrons. The molecule has 19 heavy (non-hydrogen) atoms. The fourth-order valence-electron chi connectivity index (χ4n) is 2.00. The predicted molar refractivity (Wildman–Crippen MR) is 81.2 cm³/mol. The highest BCUT2D eigenvalue weighted by Crippen LogP contribution is 2.28. The van der Waals surface area contributed by atoms with Gasteiger partial charge in [-0.1, -0.05) is 17.7 Å². The molecule has 0 radical (unpaired) electrons. The molecule has 0 spiro atoms. The van der Waals surface area contributed by atoms with Crippen LogP contribution in [0.1, 0.15) is 18.1 Å². The average Bonchev–Trinajstić information content (AvgIpc) is 2.37. The van der Waals surface area contributed by atoms with Crippen LogP contribution in [0.15, 0.2) is 36.4 Å². The maximum absolute atomic E-state index is 5.87. The Kier molecular flexibility index (Phi) is 3.95. The first-order valence-electron chi connectivity index (χ1n) is 6.46. The van der Waals surface area contributed by atoms with Gasteiger partial charge >= 0.3 is 0 Å². The monoisotopic (exact) mass is 256 g/mol. The first kappa shape index (κ1) is 13.3. The van der Waals surface area contributed by atoms with Gasteiger partial charge in [0.2, 0.25) is 0 Å². The fourth-order valence-corrected chi connectivity index (χ4v) is 2.00. The second kappa shape index (κ2) is 5.65. The maximum atomic E-state index is 5.87. The molecule has 3 N–H and O–H groups in total. The first-order valence-corrected chi connectivity index (χ1v) is 6.46. The Morgan fingerprint density at radius 2 is 1.89 bits per heavy atom. The molecule has 0 heterocycles. The molecule has 0 unspecified atom stereocenters. The zero-order valence-corrected chi connectivity index (χ0v) is 11.7. The molecular formula is C16H20N2O. The van der Waals surface area contributed by atoms with Crippen LogP contribution >= 0.6 is 0 Å². The van der Waals surface area contributed by atoms with Crippen molar-refractivity contribution >= 4 is 17.1 Å². The average molecular weight is 256 g/mol. The van der Waals surface area contributed by atoms with E-state index < -0.39 is 0 Å². The van der Waals surface area contributed by atoms with E-state index in [0.717, 1.165) is 17.1 Å². The van der Waals surface area contributed by atoms with Crippen molar-refractivity contribution < 1.29 is 4.74 Å². The number of benzene rings is 2. The smallest absolute Gasteiger partial charge is 0.144 e. The van der Waals surface area contributed by atoms with Crippen LogP contribution in [-0.2, 0) is 0 Å². The summed E-state index contributed by atoms with van der Waals surface area (Å²) in [6, 6.07) is 12.1. The van der Waals surface area contributed by atoms with Gasteiger partial charge < -0.3 is 15.8 Å². The van der Waals surface area contributed by atoms with Crippen LogP contribution in [0.25, 0.3) is 0 Å². The molecule has 0 aliphatic rings. The number of aryl methyl sites for hydroxylation is 2. The van der Waals surface area contributed by atoms with E-state index >= 15 is 0 Å². The molecule has 0 saturated carbocycles. The summed E-state index contributed by atoms with van der Waals surface area (Å²) in [5.41, 5.74) is 11.1. The van der Waals surface area contributed by atoms with Crippen molar-refractivity contribution in [1.29, 1.82) is 0 Å². The highest BCUT2D eigenvalue weighted by atomic mass is 16.5. The molecule has 2 aromatic carbocycles. The van der Waals surface area contributed by atoms with Crippen molar-refractivity contribution in [3.8, 4) is 5.75 Å². The van der Waals surface area contributed by atoms with Crippen molar-refractivity contribution in [2.45, 2.75) is 20.8 Å². The molecule has 3 heteroatoms. The largest absolute Gasteiger partial charge is 0.492 e. The lowest BCUT2D eigenvalue weighted by atomic mass is 10.1. The molecular weight excluding hydrogens is 236 g/mol. The van der Waals surface area contributed by atoms with E-state index in [-0.39, 0.29) is 0 Å². The van der Waals surface area contributed by atoms with Gasteiger partial charge in [-0.05, 0) is 44.5 Å². The van der Waals surface area contributed by atoms with Crippen LogP contribution in [0.5, 0.6) is 5.75 Å². The Bertz CT molecular complexity index is 579. The Morgan fingerprint density at radius 1 is 1.11 bits per heavy atom. The van der Waals surface area contributed by atoms with E-state index in [2.05, 4.69) is 37.4 Å². The van der Waals surface area contributed by atoms with E-state index in [9.17, 15) is 0 Å². The van der Waals surface area contributed by atoms with Gasteiger partial charge in [-0.15, -0.1) is 0 Å². The second-order valence-corrected chi connectivity index (χ2v) is 4.63. The summed E-state index contributed by atoms with van der Waals surface area (Å²) in [4.78, 5) is 0. The van der Waals surface area contributed by atoms with E-state index in [1.165, 1.54) is 11.1 Å². The first-order chi connectivity index (χ1) is 9.10. The maximum Gasteiger partial charge on any atom is 0.144 e. The number of hydrogen-bond donors (Lipinski definition) is 2. The zero-order valence-electron chi connectivity index (χ0n) is 11.7. The quantitative estimate of drug-likeness (QED) is 0.812. The van der Waals surface area contributed by atoms with E-state index in [0.29, 0.717) is 12.3 Å². The Balaban J connectivity index is 2.25. The SMILES string of the molecule is CCOc1cc(Nc2ccc(C)cc2C)ccc1N. The van der Waals surface area contributed by atoms with Gasteiger partial charge in [0.15, 0.2) is 0 Å². The molecule has 0 saturated heterocycles. The molecule has 0 aliphatic heterocycles. The Morgan fingerprint density at radius 3 is 2.58 bits per heavy atom. The minimum atomic E-state index is 0.608. The molecule has 2 rings (SSSR count). The standard InChI is InChI=1S/C16H20N2O/c1-4-19-16-10-13(6-7-14(16)17)18-15-8-5-11(2)9-12(15)3/h5-10,18H,4,17H2,1-3H3. The van der Waals surface area contributed by atoms with E-state index in [4.69, 9.17) is 10.5 Å². The zero-order chi connectivity index (χ0) is 13.8. The number of nitrogens with one attached hydrogen (secondary N) is 1. The van der Waals surface area contributed by atoms with Crippen molar-refractivity contribution in [3.05, 3.63) is 47.5 Å². The van der Waals surface area contributed by atoms with Gasteiger partial charge in [-0.2, -0.15) is 0 Å². The molecule has 2 aromatic rings. The third-order valence-electron chi connectivity index (χ3n) is 2.97. The van der Waals surface area contributed by atoms with Gasteiger partial charge in [0, 0.05) is 17.4 Å². The summed E-state index contributed by atoms with van der Waals surface area (Å²) < 4.78 is 5.50. The van der Waals surface area contributed by atoms with Crippen LogP contribution in [0.4, 0.5) is 17.1 Å². The minimum absolute atomic E-state index is 0.608. The lowest BCUT2D eigenvalue weighted by molar-refractivity contribution is 0.342. The molecule has 3 nitrogen and oxygen atoms in total. The van der Waals surface area contributed by atoms with Crippen LogP contribution in [0.3, 0.4) is 0 Å². The van der Waals surface area contributed by atoms with Gasteiger partial charge in [-0.3, -0.25) is 0 Å². The van der Waals surface area contributed by atoms with Crippen LogP contribution in [0, 0.1) is 13.8 Å². The normalized spacial score (nSPS) is 10.3. The van der Waals surface area contributed by atoms with Gasteiger partial charge in [-0.25, -0.2) is 0 Å². The Labute approximate surface area is 114 Å². The number of nitrogen functional groups attached to an aromatic ring is 1. The fraction of sp³-hybridized carbons (Fsp3) is 0.250. The van der Waals surface area contributed by atoms with Crippen molar-refractivity contribution in [1.82, 2.24) is 0 Å². The Hall–Kier alpha value is -2.16. The highest BCUT2D eigenvalue weighted by molar-refractivity contribution is 5.68. The lowest BCUT2D eigenvalue weighted by Crippen LogP contribution is -1.99. The number of ether oxygens (including phenoxy) is 1. The van der Waals surface area contributed by atoms with Crippen LogP contribution in [-0.4, -0.2) is 6.61 Å². The van der Waals surface area contributed by atoms with Crippen molar-refractivity contribution in [2.24, 2.45) is 0 Å². The van der Waals surface area contributed by atoms with Gasteiger partial charge in [0.25, 0.3) is 0 Å². The van der Waals surface area contributed by atoms with Gasteiger partial charge in [0.05, 0.1) is 12.3 Å². The predicted octanol–water partition coefficient (Wildman–Crippen LogP) is 4.03. The molecule has 0 bridgehead atoms. The molecule has 0 aromatic heterocycles. The second-order valence-electron chi connectivity index (χ2n) is 4.63. The third-order valence-corrected chi connectivity index (χ3v) is 2.97. The topological polar surface area (TPSA) is 47.3 Å². The summed E-state index contributed by atoms with van der Waals surface area (Å²) in [6.07, 6.45) is 0. The number of anilines is 3. The number of hydrogen-bond acceptors (Lipinski definition) is 3. The number of rotatable bonds is 4. The summed E-state index contributed by atoms with van der Waals surface area (Å²) in [5.74, 6) is 0.720. The summed E-state index contributed by atoms with van der Waals surface area (Å²) in [6.45, 7) is 6.74. The molecule has 0 atom stereocenters. The van der Waals surface area contributed by atoms with Crippen LogP contribution in [0.2, 0.25) is 0 Å². The minimum Gasteiger partial charge on any atom is -0.492 e. The van der Waals surface area contributed by atoms with Crippen molar-refractivity contribution in [3.63, 3.8) is 0 Å². The highest BCUT2D eigenvalue weighted by Gasteiger charge is 2.04. The van der Waals surface area contributed by atoms with E-state index in [1.54, 1.807) is 0 Å². The molecule has 0 amide bonds. The number of nitrogens with two attached hydrogens (primary N) is 1. The van der Waals surface area contributed by atoms with Gasteiger partial charge in [0.1, 0.15) is 5.75 Å². The van der Waals surface area contributed by atoms with Crippen LogP contribution < -0.4 is 15.8 Å². The molecule has 0 aliphatic carbocycles. The molecule has 0 fully saturated rings. The summed E-state index contributed by atoms with van der Waals surface area (Å²) in [5, 5.41) is 3.39. The lowest BCUT2D eigenvalue weighted by Gasteiger charge is -2.13. The van der Waals surface area contributed by atoms with Crippen molar-refractivity contribution in [2.75, 3.05) is 17.7 Å². The third kappa shape index (κ3) is 3.19. The van der Waals surface area contributed by atoms with E-state index in [1.807, 2.05) is 25.1 Å². The summed E-state index contributed by atoms with van der Waals surface area (Å²) in [7, 11) is 0.